The molecule has 0 saturated heterocycles. The van der Waals surface area contributed by atoms with Gasteiger partial charge in [-0.05, 0) is 38.0 Å². The van der Waals surface area contributed by atoms with E-state index in [0.717, 1.165) is 38.9 Å². The lowest BCUT2D eigenvalue weighted by molar-refractivity contribution is 0.503. The van der Waals surface area contributed by atoms with Gasteiger partial charge in [-0.1, -0.05) is 35.2 Å². The Morgan fingerprint density at radius 2 is 2.00 bits per heavy atom. The minimum absolute atomic E-state index is 0.298. The summed E-state index contributed by atoms with van der Waals surface area (Å²) >= 11 is 3.48. The van der Waals surface area contributed by atoms with Crippen molar-refractivity contribution in [1.29, 1.82) is 0 Å². The van der Waals surface area contributed by atoms with Gasteiger partial charge in [0.2, 0.25) is 0 Å². The first-order chi connectivity index (χ1) is 9.16. The molecule has 1 fully saturated rings. The van der Waals surface area contributed by atoms with Gasteiger partial charge in [0.25, 0.3) is 0 Å². The second-order valence-electron chi connectivity index (χ2n) is 5.19. The van der Waals surface area contributed by atoms with E-state index in [1.54, 1.807) is 0 Å². The SMILES string of the molecule is Cc1oc2ccc(Br)cc2c1[S@](=O)C1CCCCC1. The molecule has 0 N–H and O–H groups in total. The molecule has 0 amide bonds. The maximum atomic E-state index is 12.8. The van der Waals surface area contributed by atoms with E-state index >= 15 is 0 Å². The second kappa shape index (κ2) is 5.41. The molecule has 2 nitrogen and oxygen atoms in total. The number of rotatable bonds is 2. The molecular weight excluding hydrogens is 324 g/mol. The van der Waals surface area contributed by atoms with Gasteiger partial charge in [-0.2, -0.15) is 0 Å². The second-order valence-corrected chi connectivity index (χ2v) is 7.77. The van der Waals surface area contributed by atoms with Crippen LogP contribution in [0.3, 0.4) is 0 Å². The molecule has 1 aliphatic rings. The first kappa shape index (κ1) is 13.4. The van der Waals surface area contributed by atoms with E-state index in [0.29, 0.717) is 5.25 Å². The van der Waals surface area contributed by atoms with Crippen LogP contribution in [0.2, 0.25) is 0 Å². The Labute approximate surface area is 124 Å². The zero-order chi connectivity index (χ0) is 13.4. The van der Waals surface area contributed by atoms with Crippen LogP contribution in [0.25, 0.3) is 11.0 Å². The topological polar surface area (TPSA) is 30.2 Å². The Morgan fingerprint density at radius 3 is 2.74 bits per heavy atom. The highest BCUT2D eigenvalue weighted by atomic mass is 79.9. The molecule has 1 saturated carbocycles. The van der Waals surface area contributed by atoms with E-state index < -0.39 is 10.8 Å². The maximum absolute atomic E-state index is 12.8. The third-order valence-electron chi connectivity index (χ3n) is 3.83. The Bertz CT molecular complexity index is 626. The summed E-state index contributed by atoms with van der Waals surface area (Å²) < 4.78 is 19.6. The molecule has 1 heterocycles. The normalized spacial score (nSPS) is 18.8. The van der Waals surface area contributed by atoms with Gasteiger partial charge in [-0.3, -0.25) is 4.21 Å². The van der Waals surface area contributed by atoms with Crippen molar-refractivity contribution in [3.63, 3.8) is 0 Å². The summed E-state index contributed by atoms with van der Waals surface area (Å²) in [5.74, 6) is 0.803. The highest BCUT2D eigenvalue weighted by Gasteiger charge is 2.26. The number of hydrogen-bond acceptors (Lipinski definition) is 2. The molecule has 19 heavy (non-hydrogen) atoms. The van der Waals surface area contributed by atoms with E-state index in [4.69, 9.17) is 4.42 Å². The number of hydrogen-bond donors (Lipinski definition) is 0. The van der Waals surface area contributed by atoms with Gasteiger partial charge in [0.05, 0.1) is 15.7 Å². The molecule has 0 spiro atoms. The van der Waals surface area contributed by atoms with E-state index in [1.165, 1.54) is 19.3 Å². The van der Waals surface area contributed by atoms with Crippen molar-refractivity contribution < 1.29 is 8.63 Å². The monoisotopic (exact) mass is 340 g/mol. The van der Waals surface area contributed by atoms with Crippen molar-refractivity contribution in [1.82, 2.24) is 0 Å². The smallest absolute Gasteiger partial charge is 0.135 e. The Kier molecular flexibility index (Phi) is 3.81. The predicted molar refractivity (Wildman–Crippen MR) is 81.9 cm³/mol. The molecule has 0 unspecified atom stereocenters. The molecule has 4 heteroatoms. The van der Waals surface area contributed by atoms with Crippen LogP contribution in [0.15, 0.2) is 32.0 Å². The van der Waals surface area contributed by atoms with Crippen LogP contribution in [0, 0.1) is 6.92 Å². The van der Waals surface area contributed by atoms with Gasteiger partial charge in [0.1, 0.15) is 11.3 Å². The highest BCUT2D eigenvalue weighted by Crippen LogP contribution is 2.34. The van der Waals surface area contributed by atoms with Gasteiger partial charge in [-0.15, -0.1) is 0 Å². The highest BCUT2D eigenvalue weighted by molar-refractivity contribution is 9.10. The molecule has 0 radical (unpaired) electrons. The Hall–Kier alpha value is -0.610. The van der Waals surface area contributed by atoms with E-state index in [-0.39, 0.29) is 0 Å². The molecule has 3 rings (SSSR count). The van der Waals surface area contributed by atoms with Crippen molar-refractivity contribution in [3.8, 4) is 0 Å². The summed E-state index contributed by atoms with van der Waals surface area (Å²) in [6.45, 7) is 1.92. The van der Waals surface area contributed by atoms with Crippen LogP contribution in [0.1, 0.15) is 37.9 Å². The van der Waals surface area contributed by atoms with E-state index in [2.05, 4.69) is 15.9 Å². The number of halogens is 1. The minimum atomic E-state index is -0.948. The standard InChI is InChI=1S/C15H17BrO2S/c1-10-15(19(17)12-5-3-2-4-6-12)13-9-11(16)7-8-14(13)18-10/h7-9,12H,2-6H2,1H3/t19-/m1/s1. The molecule has 1 aromatic heterocycles. The third-order valence-corrected chi connectivity index (χ3v) is 6.31. The van der Waals surface area contributed by atoms with Crippen LogP contribution < -0.4 is 0 Å². The number of furan rings is 1. The van der Waals surface area contributed by atoms with Crippen LogP contribution in [-0.4, -0.2) is 9.46 Å². The van der Waals surface area contributed by atoms with Crippen molar-refractivity contribution >= 4 is 37.7 Å². The fourth-order valence-corrected chi connectivity index (χ4v) is 5.02. The average Bonchev–Trinajstić information content (AvgIpc) is 2.74. The number of benzene rings is 1. The minimum Gasteiger partial charge on any atom is -0.460 e. The summed E-state index contributed by atoms with van der Waals surface area (Å²) in [7, 11) is -0.948. The summed E-state index contributed by atoms with van der Waals surface area (Å²) in [6.07, 6.45) is 5.84. The van der Waals surface area contributed by atoms with Gasteiger partial charge in [-0.25, -0.2) is 0 Å². The molecule has 1 atom stereocenters. The molecule has 0 aliphatic heterocycles. The van der Waals surface area contributed by atoms with Crippen LogP contribution >= 0.6 is 15.9 Å². The summed E-state index contributed by atoms with van der Waals surface area (Å²) in [5, 5.41) is 1.29. The predicted octanol–water partition coefficient (Wildman–Crippen LogP) is 4.94. The summed E-state index contributed by atoms with van der Waals surface area (Å²) in [5.41, 5.74) is 0.833. The largest absolute Gasteiger partial charge is 0.460 e. The van der Waals surface area contributed by atoms with Crippen LogP contribution in [-0.2, 0) is 10.8 Å². The van der Waals surface area contributed by atoms with Crippen molar-refractivity contribution in [2.75, 3.05) is 0 Å². The van der Waals surface area contributed by atoms with Crippen molar-refractivity contribution in [2.45, 2.75) is 49.2 Å². The molecule has 0 bridgehead atoms. The van der Waals surface area contributed by atoms with E-state index in [9.17, 15) is 4.21 Å². The van der Waals surface area contributed by atoms with E-state index in [1.807, 2.05) is 25.1 Å². The summed E-state index contributed by atoms with van der Waals surface area (Å²) in [4.78, 5) is 0.906. The lowest BCUT2D eigenvalue weighted by atomic mass is 10.0. The number of fused-ring (bicyclic) bond motifs is 1. The molecule has 2 aromatic rings. The lowest BCUT2D eigenvalue weighted by Crippen LogP contribution is -2.18. The number of aryl methyl sites for hydroxylation is 1. The zero-order valence-electron chi connectivity index (χ0n) is 10.9. The molecule has 1 aliphatic carbocycles. The van der Waals surface area contributed by atoms with Crippen molar-refractivity contribution in [3.05, 3.63) is 28.4 Å². The third kappa shape index (κ3) is 2.52. The first-order valence-electron chi connectivity index (χ1n) is 6.76. The molecule has 102 valence electrons. The van der Waals surface area contributed by atoms with Gasteiger partial charge in [0, 0.05) is 15.1 Å². The Balaban J connectivity index is 2.05. The molecular formula is C15H17BrO2S. The summed E-state index contributed by atoms with van der Waals surface area (Å²) in [6, 6.07) is 5.91. The van der Waals surface area contributed by atoms with Gasteiger partial charge in [0.15, 0.2) is 0 Å². The zero-order valence-corrected chi connectivity index (χ0v) is 13.4. The fourth-order valence-electron chi connectivity index (χ4n) is 2.87. The fraction of sp³-hybridized carbons (Fsp3) is 0.467. The van der Waals surface area contributed by atoms with Gasteiger partial charge < -0.3 is 4.42 Å². The van der Waals surface area contributed by atoms with Crippen molar-refractivity contribution in [2.24, 2.45) is 0 Å². The van der Waals surface area contributed by atoms with Crippen LogP contribution in [0.4, 0.5) is 0 Å². The Morgan fingerprint density at radius 1 is 1.26 bits per heavy atom. The first-order valence-corrected chi connectivity index (χ1v) is 8.76. The lowest BCUT2D eigenvalue weighted by Gasteiger charge is -2.20. The quantitative estimate of drug-likeness (QED) is 0.774. The maximum Gasteiger partial charge on any atom is 0.135 e. The van der Waals surface area contributed by atoms with Crippen LogP contribution in [0.5, 0.6) is 0 Å². The average molecular weight is 341 g/mol. The van der Waals surface area contributed by atoms with Gasteiger partial charge >= 0.3 is 0 Å². The molecule has 1 aromatic carbocycles.